The number of hydrogen-bond acceptors (Lipinski definition) is 2. The molecular formula is C18H28O2. The number of carbonyl (C=O) groups excluding carboxylic acids is 1. The SMILES string of the molecule is CC1(C)CCC(=O)C2=C1OC1(C)CCCC(C)(C)C1C2. The van der Waals surface area contributed by atoms with Crippen molar-refractivity contribution in [3.05, 3.63) is 11.3 Å². The Hall–Kier alpha value is -0.790. The number of fused-ring (bicyclic) bond motifs is 1. The highest BCUT2D eigenvalue weighted by molar-refractivity contribution is 5.97. The number of hydrogen-bond donors (Lipinski definition) is 0. The van der Waals surface area contributed by atoms with Crippen molar-refractivity contribution in [2.45, 2.75) is 78.7 Å². The van der Waals surface area contributed by atoms with Crippen molar-refractivity contribution in [2.75, 3.05) is 0 Å². The van der Waals surface area contributed by atoms with Gasteiger partial charge in [0.2, 0.25) is 0 Å². The van der Waals surface area contributed by atoms with Crippen LogP contribution in [0.3, 0.4) is 0 Å². The van der Waals surface area contributed by atoms with Crippen LogP contribution in [0.4, 0.5) is 0 Å². The molecule has 2 unspecified atom stereocenters. The van der Waals surface area contributed by atoms with Crippen molar-refractivity contribution in [3.63, 3.8) is 0 Å². The van der Waals surface area contributed by atoms with Gasteiger partial charge >= 0.3 is 0 Å². The zero-order valence-electron chi connectivity index (χ0n) is 13.6. The van der Waals surface area contributed by atoms with E-state index in [1.54, 1.807) is 0 Å². The second-order valence-electron chi connectivity index (χ2n) is 8.63. The first-order valence-electron chi connectivity index (χ1n) is 8.12. The van der Waals surface area contributed by atoms with E-state index in [-0.39, 0.29) is 16.4 Å². The maximum atomic E-state index is 12.4. The van der Waals surface area contributed by atoms with E-state index in [2.05, 4.69) is 34.6 Å². The van der Waals surface area contributed by atoms with E-state index in [0.717, 1.165) is 30.6 Å². The molecule has 0 amide bonds. The fourth-order valence-electron chi connectivity index (χ4n) is 4.75. The van der Waals surface area contributed by atoms with E-state index in [1.807, 2.05) is 0 Å². The third-order valence-corrected chi connectivity index (χ3v) is 6.12. The van der Waals surface area contributed by atoms with Gasteiger partial charge in [0.15, 0.2) is 5.78 Å². The van der Waals surface area contributed by atoms with Crippen molar-refractivity contribution in [3.8, 4) is 0 Å². The smallest absolute Gasteiger partial charge is 0.162 e. The summed E-state index contributed by atoms with van der Waals surface area (Å²) >= 11 is 0. The van der Waals surface area contributed by atoms with Crippen LogP contribution in [0.1, 0.15) is 73.1 Å². The van der Waals surface area contributed by atoms with Crippen LogP contribution in [0.15, 0.2) is 11.3 Å². The average molecular weight is 276 g/mol. The second kappa shape index (κ2) is 4.11. The summed E-state index contributed by atoms with van der Waals surface area (Å²) in [5.74, 6) is 1.83. The number of carbonyl (C=O) groups is 1. The lowest BCUT2D eigenvalue weighted by molar-refractivity contribution is -0.144. The summed E-state index contributed by atoms with van der Waals surface area (Å²) in [5, 5.41) is 0. The number of ketones is 1. The van der Waals surface area contributed by atoms with Crippen LogP contribution >= 0.6 is 0 Å². The molecule has 112 valence electrons. The van der Waals surface area contributed by atoms with Gasteiger partial charge < -0.3 is 4.74 Å². The fraction of sp³-hybridized carbons (Fsp3) is 0.833. The predicted octanol–water partition coefficient (Wildman–Crippen LogP) is 4.63. The monoisotopic (exact) mass is 276 g/mol. The average Bonchev–Trinajstić information content (AvgIpc) is 2.33. The van der Waals surface area contributed by atoms with Crippen molar-refractivity contribution in [2.24, 2.45) is 16.7 Å². The molecular weight excluding hydrogens is 248 g/mol. The van der Waals surface area contributed by atoms with Gasteiger partial charge in [-0.1, -0.05) is 27.7 Å². The van der Waals surface area contributed by atoms with Gasteiger partial charge in [0.05, 0.1) is 0 Å². The Morgan fingerprint density at radius 2 is 1.75 bits per heavy atom. The highest BCUT2D eigenvalue weighted by Crippen LogP contribution is 2.57. The first-order chi connectivity index (χ1) is 9.16. The molecule has 1 saturated carbocycles. The summed E-state index contributed by atoms with van der Waals surface area (Å²) in [7, 11) is 0. The summed E-state index contributed by atoms with van der Waals surface area (Å²) in [5.41, 5.74) is 1.24. The molecule has 2 aliphatic carbocycles. The standard InChI is InChI=1S/C18H28O2/c1-16(2)8-6-9-18(5)14(16)11-12-13(19)7-10-17(3,4)15(12)20-18/h14H,6-11H2,1-5H3. The molecule has 0 aromatic rings. The zero-order valence-corrected chi connectivity index (χ0v) is 13.6. The Kier molecular flexibility index (Phi) is 2.91. The van der Waals surface area contributed by atoms with Gasteiger partial charge in [0.1, 0.15) is 11.4 Å². The minimum atomic E-state index is -0.0739. The largest absolute Gasteiger partial charge is 0.491 e. The first kappa shape index (κ1) is 14.2. The number of allylic oxidation sites excluding steroid dienone is 2. The molecule has 0 saturated heterocycles. The van der Waals surface area contributed by atoms with Gasteiger partial charge in [-0.05, 0) is 44.4 Å². The van der Waals surface area contributed by atoms with Crippen molar-refractivity contribution in [1.82, 2.24) is 0 Å². The minimum absolute atomic E-state index is 0.0266. The molecule has 1 fully saturated rings. The second-order valence-corrected chi connectivity index (χ2v) is 8.63. The summed E-state index contributed by atoms with van der Waals surface area (Å²) in [6.07, 6.45) is 6.16. The normalized spacial score (nSPS) is 38.9. The third-order valence-electron chi connectivity index (χ3n) is 6.12. The van der Waals surface area contributed by atoms with Crippen LogP contribution in [0.25, 0.3) is 0 Å². The van der Waals surface area contributed by atoms with E-state index in [0.29, 0.717) is 18.1 Å². The molecule has 2 heteroatoms. The van der Waals surface area contributed by atoms with Crippen LogP contribution in [0.2, 0.25) is 0 Å². The number of rotatable bonds is 0. The maximum absolute atomic E-state index is 12.4. The Balaban J connectivity index is 2.06. The molecule has 3 aliphatic rings. The first-order valence-corrected chi connectivity index (χ1v) is 8.12. The van der Waals surface area contributed by atoms with Crippen molar-refractivity contribution >= 4 is 5.78 Å². The van der Waals surface area contributed by atoms with Gasteiger partial charge in [-0.15, -0.1) is 0 Å². The van der Waals surface area contributed by atoms with Crippen LogP contribution in [0.5, 0.6) is 0 Å². The summed E-state index contributed by atoms with van der Waals surface area (Å²) < 4.78 is 6.56. The van der Waals surface area contributed by atoms with Crippen LogP contribution in [0, 0.1) is 16.7 Å². The zero-order chi connectivity index (χ0) is 14.8. The summed E-state index contributed by atoms with van der Waals surface area (Å²) in [6.45, 7) is 11.4. The molecule has 0 radical (unpaired) electrons. The lowest BCUT2D eigenvalue weighted by atomic mass is 9.57. The van der Waals surface area contributed by atoms with Crippen molar-refractivity contribution in [1.29, 1.82) is 0 Å². The lowest BCUT2D eigenvalue weighted by Crippen LogP contribution is -2.53. The van der Waals surface area contributed by atoms with Crippen molar-refractivity contribution < 1.29 is 9.53 Å². The van der Waals surface area contributed by atoms with E-state index in [4.69, 9.17) is 4.74 Å². The Morgan fingerprint density at radius 3 is 2.45 bits per heavy atom. The number of ether oxygens (including phenoxy) is 1. The lowest BCUT2D eigenvalue weighted by Gasteiger charge is -2.56. The van der Waals surface area contributed by atoms with Crippen LogP contribution in [-0.4, -0.2) is 11.4 Å². The van der Waals surface area contributed by atoms with Gasteiger partial charge in [-0.2, -0.15) is 0 Å². The van der Waals surface area contributed by atoms with E-state index in [1.165, 1.54) is 12.8 Å². The molecule has 20 heavy (non-hydrogen) atoms. The highest BCUT2D eigenvalue weighted by atomic mass is 16.5. The minimum Gasteiger partial charge on any atom is -0.491 e. The molecule has 1 aliphatic heterocycles. The molecule has 0 spiro atoms. The Morgan fingerprint density at radius 1 is 1.05 bits per heavy atom. The molecule has 1 heterocycles. The van der Waals surface area contributed by atoms with Crippen LogP contribution < -0.4 is 0 Å². The molecule has 2 nitrogen and oxygen atoms in total. The van der Waals surface area contributed by atoms with Crippen LogP contribution in [-0.2, 0) is 9.53 Å². The van der Waals surface area contributed by atoms with E-state index < -0.39 is 0 Å². The maximum Gasteiger partial charge on any atom is 0.162 e. The summed E-state index contributed by atoms with van der Waals surface area (Å²) in [6, 6.07) is 0. The van der Waals surface area contributed by atoms with Gasteiger partial charge in [0, 0.05) is 23.3 Å². The van der Waals surface area contributed by atoms with Gasteiger partial charge in [0.25, 0.3) is 0 Å². The topological polar surface area (TPSA) is 26.3 Å². The Bertz CT molecular complexity index is 484. The van der Waals surface area contributed by atoms with E-state index >= 15 is 0 Å². The fourth-order valence-corrected chi connectivity index (χ4v) is 4.75. The van der Waals surface area contributed by atoms with Gasteiger partial charge in [-0.25, -0.2) is 0 Å². The molecule has 0 aromatic heterocycles. The van der Waals surface area contributed by atoms with E-state index in [9.17, 15) is 4.79 Å². The molecule has 0 aromatic carbocycles. The molecule has 3 rings (SSSR count). The highest BCUT2D eigenvalue weighted by Gasteiger charge is 2.54. The number of Topliss-reactive ketones (excluding diaryl/α,β-unsaturated/α-hetero) is 1. The third kappa shape index (κ3) is 1.95. The summed E-state index contributed by atoms with van der Waals surface area (Å²) in [4.78, 5) is 12.4. The predicted molar refractivity (Wildman–Crippen MR) is 80.3 cm³/mol. The Labute approximate surface area is 123 Å². The molecule has 0 bridgehead atoms. The van der Waals surface area contributed by atoms with Gasteiger partial charge in [-0.3, -0.25) is 4.79 Å². The quantitative estimate of drug-likeness (QED) is 0.644. The molecule has 0 N–H and O–H groups in total. The molecule has 2 atom stereocenters.